The van der Waals surface area contributed by atoms with E-state index in [1.54, 1.807) is 17.6 Å². The zero-order valence-corrected chi connectivity index (χ0v) is 12.8. The van der Waals surface area contributed by atoms with Crippen molar-refractivity contribution < 1.29 is 9.21 Å². The van der Waals surface area contributed by atoms with Crippen molar-refractivity contribution in [3.63, 3.8) is 0 Å². The van der Waals surface area contributed by atoms with Gasteiger partial charge in [-0.2, -0.15) is 0 Å². The molecular weight excluding hydrogens is 284 g/mol. The second-order valence-corrected chi connectivity index (χ2v) is 6.50. The highest BCUT2D eigenvalue weighted by Gasteiger charge is 2.23. The summed E-state index contributed by atoms with van der Waals surface area (Å²) in [5, 5.41) is 5.37. The van der Waals surface area contributed by atoms with Crippen LogP contribution in [0, 0.1) is 5.92 Å². The summed E-state index contributed by atoms with van der Waals surface area (Å²) in [5.41, 5.74) is 0. The molecule has 2 aromatic heterocycles. The molecule has 0 bridgehead atoms. The van der Waals surface area contributed by atoms with Gasteiger partial charge < -0.3 is 14.6 Å². The van der Waals surface area contributed by atoms with E-state index in [-0.39, 0.29) is 5.91 Å². The van der Waals surface area contributed by atoms with Crippen molar-refractivity contribution in [1.29, 1.82) is 0 Å². The fourth-order valence-corrected chi connectivity index (χ4v) is 3.40. The third kappa shape index (κ3) is 3.95. The van der Waals surface area contributed by atoms with Gasteiger partial charge in [0.05, 0.1) is 19.4 Å². The molecule has 3 rings (SSSR count). The van der Waals surface area contributed by atoms with Crippen LogP contribution in [0.2, 0.25) is 0 Å². The Kier molecular flexibility index (Phi) is 4.72. The number of rotatable bonds is 6. The smallest absolute Gasteiger partial charge is 0.223 e. The van der Waals surface area contributed by atoms with Gasteiger partial charge in [0.15, 0.2) is 0 Å². The number of nitrogens with one attached hydrogen (secondary N) is 1. The topological polar surface area (TPSA) is 45.5 Å². The average molecular weight is 304 g/mol. The molecule has 0 radical (unpaired) electrons. The van der Waals surface area contributed by atoms with Gasteiger partial charge in [-0.05, 0) is 49.0 Å². The van der Waals surface area contributed by atoms with E-state index in [9.17, 15) is 4.79 Å². The lowest BCUT2D eigenvalue weighted by Gasteiger charge is -2.22. The van der Waals surface area contributed by atoms with Gasteiger partial charge in [-0.3, -0.25) is 4.79 Å². The Hall–Kier alpha value is -1.59. The fourth-order valence-electron chi connectivity index (χ4n) is 2.68. The number of amides is 1. The Labute approximate surface area is 128 Å². The van der Waals surface area contributed by atoms with Crippen molar-refractivity contribution in [2.75, 3.05) is 13.1 Å². The molecule has 1 N–H and O–H groups in total. The van der Waals surface area contributed by atoms with Gasteiger partial charge in [-0.1, -0.05) is 6.07 Å². The Morgan fingerprint density at radius 1 is 1.38 bits per heavy atom. The Bertz CT molecular complexity index is 509. The molecule has 0 saturated carbocycles. The maximum atomic E-state index is 12.6. The van der Waals surface area contributed by atoms with Gasteiger partial charge in [0, 0.05) is 11.3 Å². The number of hydrogen-bond donors (Lipinski definition) is 1. The predicted molar refractivity (Wildman–Crippen MR) is 82.9 cm³/mol. The summed E-state index contributed by atoms with van der Waals surface area (Å²) >= 11 is 1.69. The highest BCUT2D eigenvalue weighted by molar-refractivity contribution is 7.09. The fraction of sp³-hybridized carbons (Fsp3) is 0.438. The molecule has 5 heteroatoms. The SMILES string of the molecule is O=C(CC1CCNC1)N(Cc1ccco1)Cc1cccs1. The van der Waals surface area contributed by atoms with Crippen molar-refractivity contribution in [2.24, 2.45) is 5.92 Å². The van der Waals surface area contributed by atoms with E-state index in [0.717, 1.165) is 25.3 Å². The van der Waals surface area contributed by atoms with E-state index in [1.165, 1.54) is 4.88 Å². The van der Waals surface area contributed by atoms with E-state index in [0.29, 0.717) is 25.4 Å². The van der Waals surface area contributed by atoms with Crippen LogP contribution in [-0.2, 0) is 17.9 Å². The van der Waals surface area contributed by atoms with Gasteiger partial charge in [0.25, 0.3) is 0 Å². The molecule has 4 nitrogen and oxygen atoms in total. The molecule has 0 spiro atoms. The van der Waals surface area contributed by atoms with E-state index in [4.69, 9.17) is 4.42 Å². The molecule has 2 aromatic rings. The normalized spacial score (nSPS) is 18.0. The number of hydrogen-bond acceptors (Lipinski definition) is 4. The predicted octanol–water partition coefficient (Wildman–Crippen LogP) is 2.87. The Morgan fingerprint density at radius 3 is 3.00 bits per heavy atom. The lowest BCUT2D eigenvalue weighted by atomic mass is 10.0. The molecular formula is C16H20N2O2S. The first-order chi connectivity index (χ1) is 10.3. The quantitative estimate of drug-likeness (QED) is 0.892. The van der Waals surface area contributed by atoms with Crippen LogP contribution in [0.1, 0.15) is 23.5 Å². The highest BCUT2D eigenvalue weighted by Crippen LogP contribution is 2.19. The molecule has 1 aliphatic heterocycles. The average Bonchev–Trinajstić information content (AvgIpc) is 3.21. The van der Waals surface area contributed by atoms with Crippen molar-refractivity contribution in [3.8, 4) is 0 Å². The first-order valence-electron chi connectivity index (χ1n) is 7.34. The maximum absolute atomic E-state index is 12.6. The van der Waals surface area contributed by atoms with E-state index >= 15 is 0 Å². The lowest BCUT2D eigenvalue weighted by molar-refractivity contribution is -0.133. The van der Waals surface area contributed by atoms with Crippen LogP contribution in [0.3, 0.4) is 0 Å². The standard InChI is InChI=1S/C16H20N2O2S/c19-16(9-13-5-6-17-10-13)18(11-14-3-1-7-20-14)12-15-4-2-8-21-15/h1-4,7-8,13,17H,5-6,9-12H2. The minimum atomic E-state index is 0.216. The molecule has 3 heterocycles. The largest absolute Gasteiger partial charge is 0.467 e. The monoisotopic (exact) mass is 304 g/mol. The summed E-state index contributed by atoms with van der Waals surface area (Å²) in [6.07, 6.45) is 3.38. The van der Waals surface area contributed by atoms with Crippen LogP contribution in [-0.4, -0.2) is 23.9 Å². The molecule has 1 saturated heterocycles. The minimum absolute atomic E-state index is 0.216. The molecule has 1 unspecified atom stereocenters. The molecule has 1 atom stereocenters. The summed E-state index contributed by atoms with van der Waals surface area (Å²) in [7, 11) is 0. The molecule has 1 amide bonds. The minimum Gasteiger partial charge on any atom is -0.467 e. The number of carbonyl (C=O) groups excluding carboxylic acids is 1. The zero-order valence-electron chi connectivity index (χ0n) is 12.0. The van der Waals surface area contributed by atoms with Gasteiger partial charge in [-0.25, -0.2) is 0 Å². The summed E-state index contributed by atoms with van der Waals surface area (Å²) < 4.78 is 5.40. The molecule has 112 valence electrons. The van der Waals surface area contributed by atoms with E-state index in [2.05, 4.69) is 11.4 Å². The van der Waals surface area contributed by atoms with Crippen LogP contribution in [0.25, 0.3) is 0 Å². The summed E-state index contributed by atoms with van der Waals surface area (Å²) in [5.74, 6) is 1.53. The third-order valence-corrected chi connectivity index (χ3v) is 4.69. The third-order valence-electron chi connectivity index (χ3n) is 3.83. The van der Waals surface area contributed by atoms with E-state index < -0.39 is 0 Å². The maximum Gasteiger partial charge on any atom is 0.223 e. The van der Waals surface area contributed by atoms with Crippen molar-refractivity contribution in [1.82, 2.24) is 10.2 Å². The molecule has 21 heavy (non-hydrogen) atoms. The molecule has 1 aliphatic rings. The summed E-state index contributed by atoms with van der Waals surface area (Å²) in [4.78, 5) is 15.7. The molecule has 1 fully saturated rings. The summed E-state index contributed by atoms with van der Waals surface area (Å²) in [6, 6.07) is 7.89. The van der Waals surface area contributed by atoms with Crippen LogP contribution >= 0.6 is 11.3 Å². The first kappa shape index (κ1) is 14.4. The second kappa shape index (κ2) is 6.91. The highest BCUT2D eigenvalue weighted by atomic mass is 32.1. The Morgan fingerprint density at radius 2 is 2.33 bits per heavy atom. The van der Waals surface area contributed by atoms with Crippen LogP contribution < -0.4 is 5.32 Å². The van der Waals surface area contributed by atoms with Crippen LogP contribution in [0.15, 0.2) is 40.3 Å². The Balaban J connectivity index is 1.66. The number of furan rings is 1. The molecule has 0 aromatic carbocycles. The number of thiophene rings is 1. The summed E-state index contributed by atoms with van der Waals surface area (Å²) in [6.45, 7) is 3.20. The van der Waals surface area contributed by atoms with Crippen molar-refractivity contribution in [3.05, 3.63) is 46.5 Å². The van der Waals surface area contributed by atoms with Crippen molar-refractivity contribution >= 4 is 17.2 Å². The number of carbonyl (C=O) groups is 1. The first-order valence-corrected chi connectivity index (χ1v) is 8.22. The second-order valence-electron chi connectivity index (χ2n) is 5.47. The lowest BCUT2D eigenvalue weighted by Crippen LogP contribution is -2.31. The van der Waals surface area contributed by atoms with Gasteiger partial charge in [0.2, 0.25) is 5.91 Å². The van der Waals surface area contributed by atoms with Gasteiger partial charge >= 0.3 is 0 Å². The van der Waals surface area contributed by atoms with Crippen LogP contribution in [0.4, 0.5) is 0 Å². The van der Waals surface area contributed by atoms with Gasteiger partial charge in [-0.15, -0.1) is 11.3 Å². The van der Waals surface area contributed by atoms with E-state index in [1.807, 2.05) is 28.5 Å². The van der Waals surface area contributed by atoms with Crippen LogP contribution in [0.5, 0.6) is 0 Å². The zero-order chi connectivity index (χ0) is 14.5. The van der Waals surface area contributed by atoms with Crippen molar-refractivity contribution in [2.45, 2.75) is 25.9 Å². The van der Waals surface area contributed by atoms with Gasteiger partial charge in [0.1, 0.15) is 5.76 Å². The number of nitrogens with zero attached hydrogens (tertiary/aromatic N) is 1. The molecule has 0 aliphatic carbocycles.